The van der Waals surface area contributed by atoms with Gasteiger partial charge >= 0.3 is 0 Å². The molecule has 23 heavy (non-hydrogen) atoms. The number of hydrogen-bond acceptors (Lipinski definition) is 3. The molecule has 0 amide bonds. The Bertz CT molecular complexity index is 787. The highest BCUT2D eigenvalue weighted by Crippen LogP contribution is 2.38. The Morgan fingerprint density at radius 1 is 1.04 bits per heavy atom. The number of hydrogen-bond donors (Lipinski definition) is 0. The van der Waals surface area contributed by atoms with Crippen molar-refractivity contribution in [1.82, 2.24) is 8.61 Å². The fourth-order valence-electron chi connectivity index (χ4n) is 3.60. The van der Waals surface area contributed by atoms with Crippen LogP contribution in [0.4, 0.5) is 0 Å². The maximum absolute atomic E-state index is 13.2. The van der Waals surface area contributed by atoms with Gasteiger partial charge in [0.2, 0.25) is 0 Å². The lowest BCUT2D eigenvalue weighted by molar-refractivity contribution is 0.318. The van der Waals surface area contributed by atoms with Gasteiger partial charge in [-0.1, -0.05) is 30.3 Å². The average Bonchev–Trinajstić information content (AvgIpc) is 3.25. The SMILES string of the molecule is O=S(=O)(N1CCc2ccccc2C1)N1CCCC1c1cccs1. The number of fused-ring (bicyclic) bond motifs is 1. The lowest BCUT2D eigenvalue weighted by atomic mass is 10.0. The van der Waals surface area contributed by atoms with Crippen LogP contribution in [0.25, 0.3) is 0 Å². The molecule has 1 fully saturated rings. The molecular weight excluding hydrogens is 328 g/mol. The zero-order valence-corrected chi connectivity index (χ0v) is 14.5. The molecule has 1 saturated heterocycles. The van der Waals surface area contributed by atoms with Gasteiger partial charge in [-0.2, -0.15) is 17.0 Å². The Labute approximate surface area is 141 Å². The van der Waals surface area contributed by atoms with Crippen molar-refractivity contribution in [3.8, 4) is 0 Å². The second-order valence-electron chi connectivity index (χ2n) is 6.14. The van der Waals surface area contributed by atoms with Crippen LogP contribution in [-0.4, -0.2) is 30.1 Å². The zero-order valence-electron chi connectivity index (χ0n) is 12.9. The first-order valence-corrected chi connectivity index (χ1v) is 10.3. The van der Waals surface area contributed by atoms with Gasteiger partial charge in [-0.3, -0.25) is 0 Å². The van der Waals surface area contributed by atoms with E-state index in [1.54, 1.807) is 19.9 Å². The molecule has 6 heteroatoms. The molecule has 0 N–H and O–H groups in total. The Hall–Kier alpha value is -1.21. The van der Waals surface area contributed by atoms with Crippen molar-refractivity contribution in [2.75, 3.05) is 13.1 Å². The summed E-state index contributed by atoms with van der Waals surface area (Å²) in [5.41, 5.74) is 2.41. The first-order chi connectivity index (χ1) is 11.2. The molecule has 1 atom stereocenters. The van der Waals surface area contributed by atoms with E-state index in [4.69, 9.17) is 0 Å². The summed E-state index contributed by atoms with van der Waals surface area (Å²) in [7, 11) is -3.41. The van der Waals surface area contributed by atoms with Crippen molar-refractivity contribution in [3.05, 3.63) is 57.8 Å². The van der Waals surface area contributed by atoms with E-state index in [1.807, 2.05) is 29.6 Å². The van der Waals surface area contributed by atoms with E-state index in [0.29, 0.717) is 19.6 Å². The molecule has 2 aliphatic rings. The maximum Gasteiger partial charge on any atom is 0.282 e. The van der Waals surface area contributed by atoms with Crippen molar-refractivity contribution in [2.24, 2.45) is 0 Å². The predicted octanol–water partition coefficient (Wildman–Crippen LogP) is 3.19. The molecule has 1 aromatic carbocycles. The van der Waals surface area contributed by atoms with Crippen molar-refractivity contribution < 1.29 is 8.42 Å². The fourth-order valence-corrected chi connectivity index (χ4v) is 6.36. The van der Waals surface area contributed by atoms with Gasteiger partial charge < -0.3 is 0 Å². The fraction of sp³-hybridized carbons (Fsp3) is 0.412. The molecule has 0 aliphatic carbocycles. The molecule has 0 bridgehead atoms. The summed E-state index contributed by atoms with van der Waals surface area (Å²) in [5.74, 6) is 0. The second-order valence-corrected chi connectivity index (χ2v) is 9.00. The highest BCUT2D eigenvalue weighted by atomic mass is 32.2. The largest absolute Gasteiger partial charge is 0.282 e. The van der Waals surface area contributed by atoms with E-state index in [2.05, 4.69) is 12.1 Å². The third-order valence-corrected chi connectivity index (χ3v) is 7.76. The summed E-state index contributed by atoms with van der Waals surface area (Å²) in [6.45, 7) is 1.70. The van der Waals surface area contributed by atoms with Crippen LogP contribution in [0.15, 0.2) is 41.8 Å². The molecule has 1 aromatic heterocycles. The van der Waals surface area contributed by atoms with E-state index >= 15 is 0 Å². The van der Waals surface area contributed by atoms with Crippen LogP contribution in [0.1, 0.15) is 34.9 Å². The molecule has 0 radical (unpaired) electrons. The van der Waals surface area contributed by atoms with Crippen LogP contribution < -0.4 is 0 Å². The third-order valence-electron chi connectivity index (χ3n) is 4.79. The van der Waals surface area contributed by atoms with E-state index in [0.717, 1.165) is 29.7 Å². The Balaban J connectivity index is 1.61. The monoisotopic (exact) mass is 348 g/mol. The normalized spacial score (nSPS) is 23.0. The highest BCUT2D eigenvalue weighted by molar-refractivity contribution is 7.86. The first-order valence-electron chi connectivity index (χ1n) is 8.03. The number of nitrogens with zero attached hydrogens (tertiary/aromatic N) is 2. The van der Waals surface area contributed by atoms with Crippen molar-refractivity contribution in [2.45, 2.75) is 31.8 Å². The molecular formula is C17H20N2O2S2. The van der Waals surface area contributed by atoms with Gasteiger partial charge in [0.15, 0.2) is 0 Å². The highest BCUT2D eigenvalue weighted by Gasteiger charge is 2.40. The van der Waals surface area contributed by atoms with Crippen LogP contribution >= 0.6 is 11.3 Å². The van der Waals surface area contributed by atoms with Crippen molar-refractivity contribution >= 4 is 21.5 Å². The van der Waals surface area contributed by atoms with E-state index < -0.39 is 10.2 Å². The number of rotatable bonds is 3. The number of thiophene rings is 1. The van der Waals surface area contributed by atoms with Gasteiger partial charge in [0.1, 0.15) is 0 Å². The van der Waals surface area contributed by atoms with E-state index in [9.17, 15) is 8.42 Å². The topological polar surface area (TPSA) is 40.6 Å². The Morgan fingerprint density at radius 2 is 1.87 bits per heavy atom. The molecule has 2 aromatic rings. The summed E-state index contributed by atoms with van der Waals surface area (Å²) in [5, 5.41) is 2.02. The lowest BCUT2D eigenvalue weighted by Crippen LogP contribution is -2.45. The van der Waals surface area contributed by atoms with Crippen LogP contribution in [0.3, 0.4) is 0 Å². The minimum absolute atomic E-state index is 0.0113. The quantitative estimate of drug-likeness (QED) is 0.855. The van der Waals surface area contributed by atoms with Crippen molar-refractivity contribution in [3.63, 3.8) is 0 Å². The molecule has 0 saturated carbocycles. The average molecular weight is 348 g/mol. The van der Waals surface area contributed by atoms with Gasteiger partial charge in [-0.15, -0.1) is 11.3 Å². The minimum Gasteiger partial charge on any atom is -0.195 e. The Kier molecular flexibility index (Phi) is 4.01. The zero-order chi connectivity index (χ0) is 15.9. The van der Waals surface area contributed by atoms with Gasteiger partial charge in [0.05, 0.1) is 6.04 Å². The third kappa shape index (κ3) is 2.74. The van der Waals surface area contributed by atoms with E-state index in [-0.39, 0.29) is 6.04 Å². The smallest absolute Gasteiger partial charge is 0.195 e. The van der Waals surface area contributed by atoms with Crippen LogP contribution in [0.5, 0.6) is 0 Å². The molecule has 0 spiro atoms. The van der Waals surface area contributed by atoms with Crippen LogP contribution in [0.2, 0.25) is 0 Å². The summed E-state index contributed by atoms with van der Waals surface area (Å²) in [6.07, 6.45) is 2.66. The predicted molar refractivity (Wildman–Crippen MR) is 92.5 cm³/mol. The molecule has 3 heterocycles. The maximum atomic E-state index is 13.2. The van der Waals surface area contributed by atoms with Gasteiger partial charge in [0, 0.05) is 24.5 Å². The van der Waals surface area contributed by atoms with Crippen LogP contribution in [-0.2, 0) is 23.2 Å². The van der Waals surface area contributed by atoms with Gasteiger partial charge in [0.25, 0.3) is 10.2 Å². The summed E-state index contributed by atoms with van der Waals surface area (Å²) >= 11 is 1.65. The second kappa shape index (κ2) is 6.02. The van der Waals surface area contributed by atoms with E-state index in [1.165, 1.54) is 5.56 Å². The Morgan fingerprint density at radius 3 is 2.65 bits per heavy atom. The molecule has 2 aliphatic heterocycles. The van der Waals surface area contributed by atoms with Gasteiger partial charge in [-0.25, -0.2) is 0 Å². The standard InChI is InChI=1S/C17H20N2O2S2/c20-23(21,18-11-9-14-5-1-2-6-15(14)13-18)19-10-3-7-16(19)17-8-4-12-22-17/h1-2,4-6,8,12,16H,3,7,9-11,13H2. The first kappa shape index (κ1) is 15.3. The minimum atomic E-state index is -3.41. The molecule has 4 nitrogen and oxygen atoms in total. The number of benzene rings is 1. The molecule has 4 rings (SSSR count). The summed E-state index contributed by atoms with van der Waals surface area (Å²) in [6, 6.07) is 12.2. The lowest BCUT2D eigenvalue weighted by Gasteiger charge is -2.33. The van der Waals surface area contributed by atoms with Crippen molar-refractivity contribution in [1.29, 1.82) is 0 Å². The van der Waals surface area contributed by atoms with Crippen LogP contribution in [0, 0.1) is 0 Å². The summed E-state index contributed by atoms with van der Waals surface area (Å²) in [4.78, 5) is 1.16. The molecule has 1 unspecified atom stereocenters. The van der Waals surface area contributed by atoms with Gasteiger partial charge in [-0.05, 0) is 41.8 Å². The molecule has 122 valence electrons. The summed E-state index contributed by atoms with van der Waals surface area (Å²) < 4.78 is 29.7.